The zero-order valence-electron chi connectivity index (χ0n) is 9.89. The van der Waals surface area contributed by atoms with Gasteiger partial charge < -0.3 is 15.1 Å². The quantitative estimate of drug-likeness (QED) is 0.801. The third-order valence-corrected chi connectivity index (χ3v) is 3.07. The smallest absolute Gasteiger partial charge is 0.227 e. The monoisotopic (exact) mass is 235 g/mol. The molecule has 1 aliphatic rings. The number of nitrogens with zero attached hydrogens (tertiary/aromatic N) is 1. The lowest BCUT2D eigenvalue weighted by Crippen LogP contribution is -2.34. The number of amides is 1. The number of phenolic OH excluding ortho intramolecular Hbond substituents is 1. The molecule has 0 bridgehead atoms. The lowest BCUT2D eigenvalue weighted by molar-refractivity contribution is -0.130. The predicted octanol–water partition coefficient (Wildman–Crippen LogP) is 0.918. The summed E-state index contributed by atoms with van der Waals surface area (Å²) < 4.78 is 0. The Labute approximate surface area is 100 Å². The van der Waals surface area contributed by atoms with E-state index in [9.17, 15) is 15.0 Å². The maximum atomic E-state index is 11.9. The normalized spacial score (nSPS) is 24.0. The molecule has 1 fully saturated rings. The number of likely N-dealkylation sites (tertiary alicyclic amines) is 1. The van der Waals surface area contributed by atoms with Gasteiger partial charge in [0.05, 0.1) is 12.0 Å². The topological polar surface area (TPSA) is 60.8 Å². The van der Waals surface area contributed by atoms with Crippen molar-refractivity contribution in [2.24, 2.45) is 0 Å². The van der Waals surface area contributed by atoms with Crippen LogP contribution in [0.5, 0.6) is 5.75 Å². The fraction of sp³-hybridized carbons (Fsp3) is 0.462. The molecule has 17 heavy (non-hydrogen) atoms. The number of carbonyl (C=O) groups excluding carboxylic acids is 1. The highest BCUT2D eigenvalue weighted by Crippen LogP contribution is 2.21. The van der Waals surface area contributed by atoms with Crippen molar-refractivity contribution in [1.29, 1.82) is 0 Å². The third kappa shape index (κ3) is 2.97. The van der Waals surface area contributed by atoms with Crippen LogP contribution < -0.4 is 0 Å². The van der Waals surface area contributed by atoms with Gasteiger partial charge in [-0.3, -0.25) is 4.79 Å². The van der Waals surface area contributed by atoms with Crippen LogP contribution in [0.4, 0.5) is 0 Å². The predicted molar refractivity (Wildman–Crippen MR) is 63.6 cm³/mol. The first-order chi connectivity index (χ1) is 7.96. The summed E-state index contributed by atoms with van der Waals surface area (Å²) in [6.07, 6.45) is 0.892. The van der Waals surface area contributed by atoms with Crippen molar-refractivity contribution in [3.8, 4) is 5.75 Å². The highest BCUT2D eigenvalue weighted by molar-refractivity contribution is 5.79. The molecule has 0 radical (unpaired) electrons. The summed E-state index contributed by atoms with van der Waals surface area (Å²) in [6.45, 7) is 2.74. The lowest BCUT2D eigenvalue weighted by atomic mass is 10.1. The lowest BCUT2D eigenvalue weighted by Gasteiger charge is -2.19. The minimum absolute atomic E-state index is 0.00613. The minimum Gasteiger partial charge on any atom is -0.508 e. The molecule has 1 aromatic rings. The number of hydrogen-bond donors (Lipinski definition) is 2. The molecular weight excluding hydrogens is 218 g/mol. The first kappa shape index (κ1) is 11.9. The van der Waals surface area contributed by atoms with Crippen LogP contribution in [0.2, 0.25) is 0 Å². The molecule has 0 aliphatic carbocycles. The van der Waals surface area contributed by atoms with E-state index in [-0.39, 0.29) is 18.1 Å². The van der Waals surface area contributed by atoms with Gasteiger partial charge in [0.2, 0.25) is 5.91 Å². The molecule has 1 amide bonds. The second kappa shape index (κ2) is 4.37. The number of aliphatic hydroxyl groups is 1. The van der Waals surface area contributed by atoms with Crippen LogP contribution in [0.3, 0.4) is 0 Å². The SMILES string of the molecule is CC1(O)CCN(C(=O)Cc2cccc(O)c2)C1. The second-order valence-electron chi connectivity index (χ2n) is 4.91. The second-order valence-corrected chi connectivity index (χ2v) is 4.91. The van der Waals surface area contributed by atoms with Crippen LogP contribution in [-0.2, 0) is 11.2 Å². The summed E-state index contributed by atoms with van der Waals surface area (Å²) in [6, 6.07) is 6.70. The number of aromatic hydroxyl groups is 1. The molecule has 92 valence electrons. The van der Waals surface area contributed by atoms with Crippen molar-refractivity contribution in [2.75, 3.05) is 13.1 Å². The Hall–Kier alpha value is -1.55. The number of benzene rings is 1. The number of hydrogen-bond acceptors (Lipinski definition) is 3. The van der Waals surface area contributed by atoms with Gasteiger partial charge in [-0.25, -0.2) is 0 Å². The molecule has 1 aromatic carbocycles. The Morgan fingerprint density at radius 2 is 2.29 bits per heavy atom. The Kier molecular flexibility index (Phi) is 3.07. The van der Waals surface area contributed by atoms with Crippen LogP contribution in [0.15, 0.2) is 24.3 Å². The van der Waals surface area contributed by atoms with Crippen LogP contribution in [0.25, 0.3) is 0 Å². The first-order valence-corrected chi connectivity index (χ1v) is 5.74. The van der Waals surface area contributed by atoms with E-state index < -0.39 is 5.60 Å². The zero-order chi connectivity index (χ0) is 12.5. The minimum atomic E-state index is -0.755. The Morgan fingerprint density at radius 1 is 1.53 bits per heavy atom. The van der Waals surface area contributed by atoms with Crippen LogP contribution in [-0.4, -0.2) is 39.7 Å². The molecule has 1 unspecified atom stereocenters. The summed E-state index contributed by atoms with van der Waals surface area (Å²) in [5.41, 5.74) is 0.0376. The van der Waals surface area contributed by atoms with E-state index in [0.29, 0.717) is 19.5 Å². The Bertz CT molecular complexity index is 428. The molecular formula is C13H17NO3. The molecule has 2 N–H and O–H groups in total. The Balaban J connectivity index is 1.98. The molecule has 4 heteroatoms. The van der Waals surface area contributed by atoms with E-state index in [2.05, 4.69) is 0 Å². The Morgan fingerprint density at radius 3 is 2.88 bits per heavy atom. The average Bonchev–Trinajstić information content (AvgIpc) is 2.59. The fourth-order valence-electron chi connectivity index (χ4n) is 2.11. The zero-order valence-corrected chi connectivity index (χ0v) is 9.89. The number of β-amino-alcohol motifs (C(OH)–C–C–N with tert-alkyl or cyclic N) is 1. The van der Waals surface area contributed by atoms with Gasteiger partial charge in [0, 0.05) is 13.1 Å². The van der Waals surface area contributed by atoms with E-state index in [0.717, 1.165) is 5.56 Å². The van der Waals surface area contributed by atoms with E-state index >= 15 is 0 Å². The maximum Gasteiger partial charge on any atom is 0.227 e. The van der Waals surface area contributed by atoms with Crippen molar-refractivity contribution in [1.82, 2.24) is 4.90 Å². The molecule has 1 heterocycles. The first-order valence-electron chi connectivity index (χ1n) is 5.74. The van der Waals surface area contributed by atoms with Gasteiger partial charge in [-0.05, 0) is 31.0 Å². The molecule has 1 atom stereocenters. The standard InChI is InChI=1S/C13H17NO3/c1-13(17)5-6-14(9-13)12(16)8-10-3-2-4-11(15)7-10/h2-4,7,15,17H,5-6,8-9H2,1H3. The van der Waals surface area contributed by atoms with E-state index in [1.54, 1.807) is 30.0 Å². The molecule has 1 aliphatic heterocycles. The van der Waals surface area contributed by atoms with Crippen molar-refractivity contribution in [2.45, 2.75) is 25.4 Å². The van der Waals surface area contributed by atoms with Crippen molar-refractivity contribution >= 4 is 5.91 Å². The molecule has 4 nitrogen and oxygen atoms in total. The number of phenols is 1. The van der Waals surface area contributed by atoms with Gasteiger partial charge in [-0.1, -0.05) is 12.1 Å². The van der Waals surface area contributed by atoms with Gasteiger partial charge in [0.1, 0.15) is 5.75 Å². The fourth-order valence-corrected chi connectivity index (χ4v) is 2.11. The molecule has 0 saturated carbocycles. The third-order valence-electron chi connectivity index (χ3n) is 3.07. The van der Waals surface area contributed by atoms with Crippen LogP contribution in [0.1, 0.15) is 18.9 Å². The van der Waals surface area contributed by atoms with Crippen LogP contribution >= 0.6 is 0 Å². The van der Waals surface area contributed by atoms with Crippen molar-refractivity contribution in [3.63, 3.8) is 0 Å². The summed E-state index contributed by atoms with van der Waals surface area (Å²) in [5, 5.41) is 19.1. The summed E-state index contributed by atoms with van der Waals surface area (Å²) in [5.74, 6) is 0.164. The van der Waals surface area contributed by atoms with Gasteiger partial charge in [-0.2, -0.15) is 0 Å². The molecule has 1 saturated heterocycles. The number of rotatable bonds is 2. The highest BCUT2D eigenvalue weighted by Gasteiger charge is 2.33. The van der Waals surface area contributed by atoms with Crippen LogP contribution in [0, 0.1) is 0 Å². The maximum absolute atomic E-state index is 11.9. The largest absolute Gasteiger partial charge is 0.508 e. The highest BCUT2D eigenvalue weighted by atomic mass is 16.3. The van der Waals surface area contributed by atoms with E-state index in [1.165, 1.54) is 0 Å². The molecule has 0 spiro atoms. The van der Waals surface area contributed by atoms with E-state index in [4.69, 9.17) is 0 Å². The van der Waals surface area contributed by atoms with Gasteiger partial charge in [0.15, 0.2) is 0 Å². The van der Waals surface area contributed by atoms with Gasteiger partial charge in [0.25, 0.3) is 0 Å². The molecule has 0 aromatic heterocycles. The number of carbonyl (C=O) groups is 1. The summed E-state index contributed by atoms with van der Waals surface area (Å²) in [4.78, 5) is 13.6. The summed E-state index contributed by atoms with van der Waals surface area (Å²) in [7, 11) is 0. The van der Waals surface area contributed by atoms with Crippen molar-refractivity contribution in [3.05, 3.63) is 29.8 Å². The van der Waals surface area contributed by atoms with Crippen molar-refractivity contribution < 1.29 is 15.0 Å². The van der Waals surface area contributed by atoms with E-state index in [1.807, 2.05) is 6.07 Å². The average molecular weight is 235 g/mol. The summed E-state index contributed by atoms with van der Waals surface area (Å²) >= 11 is 0. The van der Waals surface area contributed by atoms with Gasteiger partial charge >= 0.3 is 0 Å². The molecule has 2 rings (SSSR count). The van der Waals surface area contributed by atoms with Gasteiger partial charge in [-0.15, -0.1) is 0 Å².